The normalized spacial score (nSPS) is 12.3. The van der Waals surface area contributed by atoms with Crippen molar-refractivity contribution in [3.05, 3.63) is 29.3 Å². The molecule has 0 bridgehead atoms. The molecule has 4 nitrogen and oxygen atoms in total. The van der Waals surface area contributed by atoms with Crippen LogP contribution in [0.2, 0.25) is 0 Å². The molecule has 0 aliphatic rings. The molecule has 1 N–H and O–H groups in total. The third-order valence-electron chi connectivity index (χ3n) is 3.88. The third-order valence-corrected chi connectivity index (χ3v) is 3.88. The van der Waals surface area contributed by atoms with E-state index >= 15 is 0 Å². The molecule has 1 aromatic carbocycles. The van der Waals surface area contributed by atoms with Gasteiger partial charge in [-0.25, -0.2) is 0 Å². The van der Waals surface area contributed by atoms with Crippen LogP contribution in [0.25, 0.3) is 0 Å². The van der Waals surface area contributed by atoms with E-state index in [-0.39, 0.29) is 12.5 Å². The highest BCUT2D eigenvalue weighted by atomic mass is 16.5. The summed E-state index contributed by atoms with van der Waals surface area (Å²) in [6.07, 6.45) is 0. The van der Waals surface area contributed by atoms with Gasteiger partial charge in [0, 0.05) is 12.6 Å². The van der Waals surface area contributed by atoms with E-state index in [2.05, 4.69) is 37.9 Å². The number of hydrogen-bond donors (Lipinski definition) is 1. The smallest absolute Gasteiger partial charge is 0.257 e. The van der Waals surface area contributed by atoms with Crippen LogP contribution in [-0.4, -0.2) is 43.1 Å². The summed E-state index contributed by atoms with van der Waals surface area (Å²) in [5, 5.41) is 2.92. The molecule has 1 atom stereocenters. The predicted octanol–water partition coefficient (Wildman–Crippen LogP) is 2.53. The molecule has 1 aromatic rings. The Morgan fingerprint density at radius 1 is 1.24 bits per heavy atom. The molecular weight excluding hydrogens is 264 g/mol. The number of nitrogens with one attached hydrogen (secondary N) is 1. The summed E-state index contributed by atoms with van der Waals surface area (Å²) in [5.74, 6) is 0.664. The number of rotatable bonds is 8. The molecule has 0 aliphatic heterocycles. The number of aryl methyl sites for hydroxylation is 2. The second kappa shape index (κ2) is 8.67. The van der Waals surface area contributed by atoms with Crippen molar-refractivity contribution in [2.45, 2.75) is 40.7 Å². The van der Waals surface area contributed by atoms with Crippen LogP contribution in [-0.2, 0) is 4.79 Å². The number of carbonyl (C=O) groups excluding carboxylic acids is 1. The third kappa shape index (κ3) is 5.76. The second-order valence-corrected chi connectivity index (χ2v) is 5.41. The van der Waals surface area contributed by atoms with Crippen LogP contribution in [0.5, 0.6) is 5.75 Å². The largest absolute Gasteiger partial charge is 0.484 e. The minimum Gasteiger partial charge on any atom is -0.484 e. The lowest BCUT2D eigenvalue weighted by Crippen LogP contribution is -2.43. The van der Waals surface area contributed by atoms with Gasteiger partial charge in [0.25, 0.3) is 5.91 Å². The van der Waals surface area contributed by atoms with Gasteiger partial charge in [-0.2, -0.15) is 0 Å². The van der Waals surface area contributed by atoms with Gasteiger partial charge in [0.05, 0.1) is 0 Å². The van der Waals surface area contributed by atoms with Gasteiger partial charge in [-0.05, 0) is 57.1 Å². The fourth-order valence-electron chi connectivity index (χ4n) is 2.24. The van der Waals surface area contributed by atoms with Gasteiger partial charge in [-0.15, -0.1) is 0 Å². The van der Waals surface area contributed by atoms with E-state index in [0.717, 1.165) is 18.8 Å². The molecule has 21 heavy (non-hydrogen) atoms. The van der Waals surface area contributed by atoms with Gasteiger partial charge in [0.2, 0.25) is 0 Å². The van der Waals surface area contributed by atoms with E-state index in [1.54, 1.807) is 0 Å². The number of hydrogen-bond acceptors (Lipinski definition) is 3. The van der Waals surface area contributed by atoms with E-state index in [4.69, 9.17) is 4.74 Å². The van der Waals surface area contributed by atoms with E-state index in [0.29, 0.717) is 12.6 Å². The first-order chi connectivity index (χ1) is 9.97. The molecule has 1 unspecified atom stereocenters. The minimum atomic E-state index is -0.0766. The number of ether oxygens (including phenoxy) is 1. The number of benzene rings is 1. The molecule has 1 rings (SSSR count). The molecule has 4 heteroatoms. The number of nitrogens with zero attached hydrogens (tertiary/aromatic N) is 1. The van der Waals surface area contributed by atoms with Crippen LogP contribution in [0.1, 0.15) is 31.9 Å². The fourth-order valence-corrected chi connectivity index (χ4v) is 2.24. The average molecular weight is 292 g/mol. The average Bonchev–Trinajstić information content (AvgIpc) is 2.47. The van der Waals surface area contributed by atoms with Crippen LogP contribution in [0, 0.1) is 13.8 Å². The minimum absolute atomic E-state index is 0.0630. The van der Waals surface area contributed by atoms with Crippen molar-refractivity contribution in [3.63, 3.8) is 0 Å². The van der Waals surface area contributed by atoms with E-state index in [9.17, 15) is 4.79 Å². The predicted molar refractivity (Wildman–Crippen MR) is 86.8 cm³/mol. The van der Waals surface area contributed by atoms with Crippen molar-refractivity contribution in [2.75, 3.05) is 26.2 Å². The Morgan fingerprint density at radius 3 is 2.48 bits per heavy atom. The van der Waals surface area contributed by atoms with Crippen LogP contribution >= 0.6 is 0 Å². The molecule has 0 heterocycles. The molecule has 1 amide bonds. The first-order valence-corrected chi connectivity index (χ1v) is 7.68. The highest BCUT2D eigenvalue weighted by Crippen LogP contribution is 2.16. The van der Waals surface area contributed by atoms with Crippen LogP contribution in [0.4, 0.5) is 0 Å². The summed E-state index contributed by atoms with van der Waals surface area (Å²) in [5.41, 5.74) is 2.39. The number of carbonyl (C=O) groups is 1. The van der Waals surface area contributed by atoms with E-state index in [1.165, 1.54) is 11.1 Å². The lowest BCUT2D eigenvalue weighted by Gasteiger charge is -2.26. The zero-order valence-corrected chi connectivity index (χ0v) is 13.9. The molecular formula is C17H28N2O2. The van der Waals surface area contributed by atoms with E-state index in [1.807, 2.05) is 25.1 Å². The SMILES string of the molecule is CCN(CC)C(C)CNC(=O)COc1ccc(C)c(C)c1. The van der Waals surface area contributed by atoms with Gasteiger partial charge >= 0.3 is 0 Å². The second-order valence-electron chi connectivity index (χ2n) is 5.41. The summed E-state index contributed by atoms with van der Waals surface area (Å²) < 4.78 is 5.52. The zero-order chi connectivity index (χ0) is 15.8. The molecule has 0 aliphatic carbocycles. The highest BCUT2D eigenvalue weighted by molar-refractivity contribution is 5.77. The molecule has 0 aromatic heterocycles. The topological polar surface area (TPSA) is 41.6 Å². The molecule has 0 spiro atoms. The van der Waals surface area contributed by atoms with Crippen molar-refractivity contribution in [1.82, 2.24) is 10.2 Å². The van der Waals surface area contributed by atoms with Crippen LogP contribution in [0.3, 0.4) is 0 Å². The number of amides is 1. The van der Waals surface area contributed by atoms with Crippen molar-refractivity contribution in [3.8, 4) is 5.75 Å². The molecule has 0 radical (unpaired) electrons. The summed E-state index contributed by atoms with van der Waals surface area (Å²) in [6.45, 7) is 13.2. The molecule has 0 saturated carbocycles. The maximum absolute atomic E-state index is 11.8. The quantitative estimate of drug-likeness (QED) is 0.800. The van der Waals surface area contributed by atoms with Gasteiger partial charge in [0.15, 0.2) is 6.61 Å². The summed E-state index contributed by atoms with van der Waals surface area (Å²) in [4.78, 5) is 14.1. The van der Waals surface area contributed by atoms with Gasteiger partial charge in [-0.1, -0.05) is 19.9 Å². The first kappa shape index (κ1) is 17.5. The Hall–Kier alpha value is -1.55. The van der Waals surface area contributed by atoms with Gasteiger partial charge in [0.1, 0.15) is 5.75 Å². The Balaban J connectivity index is 2.35. The zero-order valence-electron chi connectivity index (χ0n) is 13.9. The highest BCUT2D eigenvalue weighted by Gasteiger charge is 2.11. The maximum atomic E-state index is 11.8. The summed E-state index contributed by atoms with van der Waals surface area (Å²) in [6, 6.07) is 6.20. The Kier molecular flexibility index (Phi) is 7.23. The monoisotopic (exact) mass is 292 g/mol. The standard InChI is InChI=1S/C17H28N2O2/c1-6-19(7-2)15(5)11-18-17(20)12-21-16-9-8-13(3)14(4)10-16/h8-10,15H,6-7,11-12H2,1-5H3,(H,18,20). The maximum Gasteiger partial charge on any atom is 0.257 e. The van der Waals surface area contributed by atoms with Crippen molar-refractivity contribution in [1.29, 1.82) is 0 Å². The fraction of sp³-hybridized carbons (Fsp3) is 0.588. The lowest BCUT2D eigenvalue weighted by atomic mass is 10.1. The van der Waals surface area contributed by atoms with Gasteiger partial charge in [-0.3, -0.25) is 9.69 Å². The van der Waals surface area contributed by atoms with E-state index < -0.39 is 0 Å². The van der Waals surface area contributed by atoms with Crippen LogP contribution < -0.4 is 10.1 Å². The lowest BCUT2D eigenvalue weighted by molar-refractivity contribution is -0.123. The molecule has 118 valence electrons. The summed E-state index contributed by atoms with van der Waals surface area (Å²) in [7, 11) is 0. The first-order valence-electron chi connectivity index (χ1n) is 7.68. The van der Waals surface area contributed by atoms with Crippen LogP contribution in [0.15, 0.2) is 18.2 Å². The molecule has 0 saturated heterocycles. The van der Waals surface area contributed by atoms with Crippen molar-refractivity contribution in [2.24, 2.45) is 0 Å². The van der Waals surface area contributed by atoms with Crippen molar-refractivity contribution >= 4 is 5.91 Å². The molecule has 0 fully saturated rings. The Labute approximate surface area is 128 Å². The van der Waals surface area contributed by atoms with Gasteiger partial charge < -0.3 is 10.1 Å². The van der Waals surface area contributed by atoms with Crippen molar-refractivity contribution < 1.29 is 9.53 Å². The Morgan fingerprint density at radius 2 is 1.90 bits per heavy atom. The number of likely N-dealkylation sites (N-methyl/N-ethyl adjacent to an activating group) is 1. The Bertz CT molecular complexity index is 456. The summed E-state index contributed by atoms with van der Waals surface area (Å²) >= 11 is 0.